The van der Waals surface area contributed by atoms with Gasteiger partial charge in [-0.15, -0.1) is 0 Å². The summed E-state index contributed by atoms with van der Waals surface area (Å²) in [7, 11) is 0. The van der Waals surface area contributed by atoms with Gasteiger partial charge in [0.1, 0.15) is 17.7 Å². The van der Waals surface area contributed by atoms with Gasteiger partial charge < -0.3 is 13.8 Å². The maximum atomic E-state index is 14.2. The van der Waals surface area contributed by atoms with E-state index >= 15 is 0 Å². The minimum absolute atomic E-state index is 0.125. The molecule has 128 valence electrons. The molecule has 0 saturated carbocycles. The summed E-state index contributed by atoms with van der Waals surface area (Å²) in [5, 5.41) is 3.95. The zero-order chi connectivity index (χ0) is 17.6. The van der Waals surface area contributed by atoms with E-state index in [0.29, 0.717) is 24.5 Å². The molecule has 1 atom stereocenters. The molecular formula is C19H17FN2O3. The van der Waals surface area contributed by atoms with Gasteiger partial charge in [-0.1, -0.05) is 17.3 Å². The molecule has 0 spiro atoms. The molecule has 1 fully saturated rings. The second-order valence-electron chi connectivity index (χ2n) is 6.26. The van der Waals surface area contributed by atoms with Crippen molar-refractivity contribution in [1.82, 2.24) is 9.72 Å². The van der Waals surface area contributed by atoms with Crippen LogP contribution in [0.1, 0.15) is 28.7 Å². The smallest absolute Gasteiger partial charge is 0.250 e. The van der Waals surface area contributed by atoms with E-state index in [1.54, 1.807) is 22.9 Å². The van der Waals surface area contributed by atoms with Gasteiger partial charge in [-0.25, -0.2) is 4.39 Å². The molecule has 4 rings (SSSR count). The SMILES string of the molecule is Cc1noc(C)c1-c1ccc(=O)n(Cc2ccc(C3CO3)c(F)c2)c1. The van der Waals surface area contributed by atoms with Crippen molar-refractivity contribution in [3.05, 3.63) is 75.3 Å². The van der Waals surface area contributed by atoms with E-state index in [2.05, 4.69) is 5.16 Å². The van der Waals surface area contributed by atoms with Crippen molar-refractivity contribution in [1.29, 1.82) is 0 Å². The largest absolute Gasteiger partial charge is 0.368 e. The van der Waals surface area contributed by atoms with Crippen molar-refractivity contribution in [3.8, 4) is 11.1 Å². The molecular weight excluding hydrogens is 323 g/mol. The summed E-state index contributed by atoms with van der Waals surface area (Å²) in [5.41, 5.74) is 3.63. The molecule has 1 aliphatic heterocycles. The predicted molar refractivity (Wildman–Crippen MR) is 89.9 cm³/mol. The molecule has 5 nitrogen and oxygen atoms in total. The van der Waals surface area contributed by atoms with E-state index in [1.807, 2.05) is 19.9 Å². The first kappa shape index (κ1) is 15.8. The van der Waals surface area contributed by atoms with E-state index in [-0.39, 0.29) is 17.5 Å². The Morgan fingerprint density at radius 1 is 1.28 bits per heavy atom. The van der Waals surface area contributed by atoms with Crippen molar-refractivity contribution < 1.29 is 13.7 Å². The fourth-order valence-corrected chi connectivity index (χ4v) is 3.05. The maximum Gasteiger partial charge on any atom is 0.250 e. The van der Waals surface area contributed by atoms with Crippen molar-refractivity contribution in [2.45, 2.75) is 26.5 Å². The van der Waals surface area contributed by atoms with Gasteiger partial charge in [0.25, 0.3) is 5.56 Å². The van der Waals surface area contributed by atoms with Gasteiger partial charge >= 0.3 is 0 Å². The minimum atomic E-state index is -0.296. The summed E-state index contributed by atoms with van der Waals surface area (Å²) in [5.74, 6) is 0.400. The van der Waals surface area contributed by atoms with E-state index in [0.717, 1.165) is 22.4 Å². The lowest BCUT2D eigenvalue weighted by Gasteiger charge is -2.09. The van der Waals surface area contributed by atoms with Gasteiger partial charge in [0, 0.05) is 29.0 Å². The molecule has 3 heterocycles. The molecule has 6 heteroatoms. The van der Waals surface area contributed by atoms with Crippen LogP contribution in [-0.2, 0) is 11.3 Å². The Kier molecular flexibility index (Phi) is 3.77. The van der Waals surface area contributed by atoms with E-state index in [9.17, 15) is 9.18 Å². The zero-order valence-corrected chi connectivity index (χ0v) is 14.0. The second-order valence-corrected chi connectivity index (χ2v) is 6.26. The third-order valence-electron chi connectivity index (χ3n) is 4.40. The predicted octanol–water partition coefficient (Wildman–Crippen LogP) is 3.38. The number of nitrogens with zero attached hydrogens (tertiary/aromatic N) is 2. The Morgan fingerprint density at radius 3 is 2.72 bits per heavy atom. The lowest BCUT2D eigenvalue weighted by molar-refractivity contribution is 0.393. The van der Waals surface area contributed by atoms with Gasteiger partial charge in [-0.3, -0.25) is 4.79 Å². The van der Waals surface area contributed by atoms with Crippen LogP contribution in [0, 0.1) is 19.7 Å². The van der Waals surface area contributed by atoms with Crippen molar-refractivity contribution in [2.24, 2.45) is 0 Å². The number of aryl methyl sites for hydroxylation is 2. The number of pyridine rings is 1. The summed E-state index contributed by atoms with van der Waals surface area (Å²) in [6.07, 6.45) is 1.63. The molecule has 1 saturated heterocycles. The Morgan fingerprint density at radius 2 is 2.08 bits per heavy atom. The molecule has 3 aromatic rings. The number of epoxide rings is 1. The summed E-state index contributed by atoms with van der Waals surface area (Å²) in [6, 6.07) is 8.27. The van der Waals surface area contributed by atoms with Crippen LogP contribution in [0.15, 0.2) is 45.8 Å². The fourth-order valence-electron chi connectivity index (χ4n) is 3.05. The minimum Gasteiger partial charge on any atom is -0.368 e. The summed E-state index contributed by atoms with van der Waals surface area (Å²) in [4.78, 5) is 12.2. The number of aromatic nitrogens is 2. The normalized spacial score (nSPS) is 16.2. The van der Waals surface area contributed by atoms with Crippen molar-refractivity contribution >= 4 is 0 Å². The molecule has 2 aromatic heterocycles. The number of benzene rings is 1. The fraction of sp³-hybridized carbons (Fsp3) is 0.263. The lowest BCUT2D eigenvalue weighted by atomic mass is 10.1. The number of rotatable bonds is 4. The Balaban J connectivity index is 1.67. The maximum absolute atomic E-state index is 14.2. The molecule has 1 unspecified atom stereocenters. The molecule has 0 N–H and O–H groups in total. The molecule has 1 aromatic carbocycles. The van der Waals surface area contributed by atoms with Gasteiger partial charge in [0.15, 0.2) is 0 Å². The Bertz CT molecular complexity index is 983. The van der Waals surface area contributed by atoms with E-state index < -0.39 is 0 Å². The summed E-state index contributed by atoms with van der Waals surface area (Å²) in [6.45, 7) is 4.54. The van der Waals surface area contributed by atoms with Crippen LogP contribution in [0.3, 0.4) is 0 Å². The first-order chi connectivity index (χ1) is 12.0. The lowest BCUT2D eigenvalue weighted by Crippen LogP contribution is -2.19. The topological polar surface area (TPSA) is 60.6 Å². The van der Waals surface area contributed by atoms with Gasteiger partial charge in [0.05, 0.1) is 18.8 Å². The number of ether oxygens (including phenoxy) is 1. The van der Waals surface area contributed by atoms with Crippen LogP contribution in [0.5, 0.6) is 0 Å². The summed E-state index contributed by atoms with van der Waals surface area (Å²) >= 11 is 0. The monoisotopic (exact) mass is 340 g/mol. The van der Waals surface area contributed by atoms with Crippen LogP contribution in [-0.4, -0.2) is 16.3 Å². The summed E-state index contributed by atoms with van der Waals surface area (Å²) < 4.78 is 26.0. The van der Waals surface area contributed by atoms with Gasteiger partial charge in [-0.2, -0.15) is 0 Å². The van der Waals surface area contributed by atoms with Crippen LogP contribution in [0.25, 0.3) is 11.1 Å². The number of hydrogen-bond acceptors (Lipinski definition) is 4. The van der Waals surface area contributed by atoms with Crippen LogP contribution in [0.2, 0.25) is 0 Å². The quantitative estimate of drug-likeness (QED) is 0.683. The highest BCUT2D eigenvalue weighted by molar-refractivity contribution is 5.66. The molecule has 0 aliphatic carbocycles. The van der Waals surface area contributed by atoms with E-state index in [4.69, 9.17) is 9.26 Å². The van der Waals surface area contributed by atoms with Crippen molar-refractivity contribution in [2.75, 3.05) is 6.61 Å². The van der Waals surface area contributed by atoms with Crippen LogP contribution < -0.4 is 5.56 Å². The average Bonchev–Trinajstić information content (AvgIpc) is 3.36. The molecule has 0 amide bonds. The third kappa shape index (κ3) is 3.00. The van der Waals surface area contributed by atoms with Gasteiger partial charge in [-0.05, 0) is 31.5 Å². The number of hydrogen-bond donors (Lipinski definition) is 0. The Labute approximate surface area is 143 Å². The molecule has 0 bridgehead atoms. The van der Waals surface area contributed by atoms with Gasteiger partial charge in [0.2, 0.25) is 0 Å². The highest BCUT2D eigenvalue weighted by atomic mass is 19.1. The highest BCUT2D eigenvalue weighted by Crippen LogP contribution is 2.32. The molecule has 0 radical (unpaired) electrons. The molecule has 25 heavy (non-hydrogen) atoms. The van der Waals surface area contributed by atoms with E-state index in [1.165, 1.54) is 12.1 Å². The first-order valence-corrected chi connectivity index (χ1v) is 8.06. The highest BCUT2D eigenvalue weighted by Gasteiger charge is 2.27. The number of halogens is 1. The standard InChI is InChI=1S/C19H17FN2O3/c1-11-19(12(2)25-21-11)14-4-6-18(23)22(9-14)8-13-3-5-15(16(20)7-13)17-10-24-17/h3-7,9,17H,8,10H2,1-2H3. The van der Waals surface area contributed by atoms with Crippen molar-refractivity contribution in [3.63, 3.8) is 0 Å². The first-order valence-electron chi connectivity index (χ1n) is 8.06. The molecule has 1 aliphatic rings. The third-order valence-corrected chi connectivity index (χ3v) is 4.40. The Hall–Kier alpha value is -2.73. The van der Waals surface area contributed by atoms with Crippen LogP contribution in [0.4, 0.5) is 4.39 Å². The average molecular weight is 340 g/mol. The second kappa shape index (κ2) is 5.97. The zero-order valence-electron chi connectivity index (χ0n) is 14.0. The van der Waals surface area contributed by atoms with Crippen LogP contribution >= 0.6 is 0 Å².